The summed E-state index contributed by atoms with van der Waals surface area (Å²) in [7, 11) is 0. The van der Waals surface area contributed by atoms with Crippen LogP contribution in [0.15, 0.2) is 42.9 Å². The van der Waals surface area contributed by atoms with Crippen LogP contribution in [0.25, 0.3) is 11.0 Å². The minimum absolute atomic E-state index is 0.00196. The Kier molecular flexibility index (Phi) is 4.83. The Morgan fingerprint density at radius 2 is 2.26 bits per heavy atom. The number of aromatic amines is 1. The Labute approximate surface area is 179 Å². The highest BCUT2D eigenvalue weighted by atomic mass is 16.3. The minimum atomic E-state index is -0.838. The SMILES string of the molecule is N#Cc1cccc(C(O)CNC(=O)[C@H]2CCN(c3ncnc4[nH]ccc34)CC23CC3)c1. The van der Waals surface area contributed by atoms with Crippen LogP contribution in [0.4, 0.5) is 5.82 Å². The van der Waals surface area contributed by atoms with Gasteiger partial charge in [0.15, 0.2) is 0 Å². The van der Waals surface area contributed by atoms with Crippen molar-refractivity contribution in [2.24, 2.45) is 11.3 Å². The van der Waals surface area contributed by atoms with Gasteiger partial charge in [0.25, 0.3) is 0 Å². The molecule has 2 aromatic heterocycles. The third kappa shape index (κ3) is 3.62. The molecule has 3 heterocycles. The summed E-state index contributed by atoms with van der Waals surface area (Å²) in [5, 5.41) is 23.4. The number of piperidine rings is 1. The van der Waals surface area contributed by atoms with E-state index < -0.39 is 6.10 Å². The molecule has 1 unspecified atom stereocenters. The van der Waals surface area contributed by atoms with E-state index in [4.69, 9.17) is 5.26 Å². The zero-order chi connectivity index (χ0) is 21.4. The van der Waals surface area contributed by atoms with Gasteiger partial charge in [0.2, 0.25) is 5.91 Å². The van der Waals surface area contributed by atoms with Crippen LogP contribution >= 0.6 is 0 Å². The van der Waals surface area contributed by atoms with Crippen LogP contribution in [-0.4, -0.2) is 45.6 Å². The highest BCUT2D eigenvalue weighted by molar-refractivity contribution is 5.87. The van der Waals surface area contributed by atoms with Gasteiger partial charge >= 0.3 is 0 Å². The molecule has 158 valence electrons. The number of aliphatic hydroxyl groups is 1. The summed E-state index contributed by atoms with van der Waals surface area (Å²) in [6.07, 6.45) is 5.41. The van der Waals surface area contributed by atoms with Crippen LogP contribution in [0.3, 0.4) is 0 Å². The molecule has 2 atom stereocenters. The van der Waals surface area contributed by atoms with Crippen molar-refractivity contribution in [3.63, 3.8) is 0 Å². The van der Waals surface area contributed by atoms with Gasteiger partial charge < -0.3 is 20.3 Å². The molecular weight excluding hydrogens is 392 g/mol. The quantitative estimate of drug-likeness (QED) is 0.587. The monoisotopic (exact) mass is 416 g/mol. The van der Waals surface area contributed by atoms with Crippen molar-refractivity contribution in [3.05, 3.63) is 54.0 Å². The van der Waals surface area contributed by atoms with Crippen LogP contribution < -0.4 is 10.2 Å². The summed E-state index contributed by atoms with van der Waals surface area (Å²) in [5.41, 5.74) is 1.92. The topological polar surface area (TPSA) is 118 Å². The Morgan fingerprint density at radius 1 is 1.39 bits per heavy atom. The van der Waals surface area contributed by atoms with Gasteiger partial charge in [0, 0.05) is 31.7 Å². The maximum Gasteiger partial charge on any atom is 0.223 e. The van der Waals surface area contributed by atoms with Gasteiger partial charge in [-0.15, -0.1) is 0 Å². The van der Waals surface area contributed by atoms with Gasteiger partial charge in [-0.1, -0.05) is 12.1 Å². The number of aliphatic hydroxyl groups excluding tert-OH is 1. The van der Waals surface area contributed by atoms with Gasteiger partial charge in [-0.25, -0.2) is 9.97 Å². The van der Waals surface area contributed by atoms with E-state index in [-0.39, 0.29) is 23.8 Å². The lowest BCUT2D eigenvalue weighted by Gasteiger charge is -2.39. The predicted octanol–water partition coefficient (Wildman–Crippen LogP) is 2.29. The predicted molar refractivity (Wildman–Crippen MR) is 115 cm³/mol. The summed E-state index contributed by atoms with van der Waals surface area (Å²) in [6, 6.07) is 10.9. The first-order valence-electron chi connectivity index (χ1n) is 10.6. The third-order valence-electron chi connectivity index (χ3n) is 6.64. The van der Waals surface area contributed by atoms with Crippen LogP contribution in [0, 0.1) is 22.7 Å². The standard InChI is InChI=1S/C23H24N6O2/c24-11-15-2-1-3-16(10-15)19(30)12-26-22(31)18-5-9-29(13-23(18)6-7-23)21-17-4-8-25-20(17)27-14-28-21/h1-4,8,10,14,18-19,30H,5-7,9,12-13H2,(H,26,31)(H,25,27,28)/t18-,19?/m1/s1. The van der Waals surface area contributed by atoms with E-state index in [0.717, 1.165) is 49.2 Å². The Balaban J connectivity index is 1.24. The molecule has 8 heteroatoms. The van der Waals surface area contributed by atoms with Crippen LogP contribution in [0.2, 0.25) is 0 Å². The molecule has 3 aromatic rings. The molecular formula is C23H24N6O2. The Morgan fingerprint density at radius 3 is 3.06 bits per heavy atom. The zero-order valence-electron chi connectivity index (χ0n) is 17.1. The molecule has 1 spiro atoms. The second-order valence-electron chi connectivity index (χ2n) is 8.56. The van der Waals surface area contributed by atoms with Gasteiger partial charge in [0.05, 0.1) is 23.1 Å². The van der Waals surface area contributed by atoms with E-state index in [2.05, 4.69) is 31.2 Å². The molecule has 0 bridgehead atoms. The van der Waals surface area contributed by atoms with E-state index in [9.17, 15) is 9.90 Å². The summed E-state index contributed by atoms with van der Waals surface area (Å²) in [6.45, 7) is 1.69. The van der Waals surface area contributed by atoms with Crippen LogP contribution in [0.1, 0.15) is 36.5 Å². The molecule has 1 aromatic carbocycles. The van der Waals surface area contributed by atoms with Crippen molar-refractivity contribution >= 4 is 22.8 Å². The lowest BCUT2D eigenvalue weighted by molar-refractivity contribution is -0.128. The van der Waals surface area contributed by atoms with Crippen LogP contribution in [0.5, 0.6) is 0 Å². The fourth-order valence-corrected chi connectivity index (χ4v) is 4.78. The molecule has 2 aliphatic rings. The second-order valence-corrected chi connectivity index (χ2v) is 8.56. The molecule has 8 nitrogen and oxygen atoms in total. The van der Waals surface area contributed by atoms with Crippen molar-refractivity contribution in [2.45, 2.75) is 25.4 Å². The number of anilines is 1. The second kappa shape index (κ2) is 7.67. The molecule has 1 saturated heterocycles. The number of hydrogen-bond acceptors (Lipinski definition) is 6. The van der Waals surface area contributed by atoms with E-state index in [0.29, 0.717) is 11.1 Å². The summed E-state index contributed by atoms with van der Waals surface area (Å²) < 4.78 is 0. The number of carbonyl (C=O) groups excluding carboxylic acids is 1. The Bertz CT molecular complexity index is 1160. The molecule has 1 amide bonds. The molecule has 1 saturated carbocycles. The first kappa shape index (κ1) is 19.5. The maximum absolute atomic E-state index is 13.0. The number of hydrogen-bond donors (Lipinski definition) is 3. The maximum atomic E-state index is 13.0. The largest absolute Gasteiger partial charge is 0.387 e. The number of fused-ring (bicyclic) bond motifs is 1. The molecule has 0 radical (unpaired) electrons. The average Bonchev–Trinajstić information content (AvgIpc) is 3.38. The van der Waals surface area contributed by atoms with E-state index >= 15 is 0 Å². The number of benzene rings is 1. The number of carbonyl (C=O) groups is 1. The van der Waals surface area contributed by atoms with Gasteiger partial charge in [-0.2, -0.15) is 5.26 Å². The number of rotatable bonds is 5. The molecule has 3 N–H and O–H groups in total. The lowest BCUT2D eigenvalue weighted by Crippen LogP contribution is -2.48. The van der Waals surface area contributed by atoms with E-state index in [1.807, 2.05) is 12.3 Å². The number of nitrogens with zero attached hydrogens (tertiary/aromatic N) is 4. The lowest BCUT2D eigenvalue weighted by atomic mass is 9.81. The smallest absolute Gasteiger partial charge is 0.223 e. The van der Waals surface area contributed by atoms with Gasteiger partial charge in [-0.3, -0.25) is 4.79 Å². The highest BCUT2D eigenvalue weighted by Gasteiger charge is 2.55. The molecule has 31 heavy (non-hydrogen) atoms. The summed E-state index contributed by atoms with van der Waals surface area (Å²) in [5.74, 6) is 0.858. The number of nitriles is 1. The van der Waals surface area contributed by atoms with E-state index in [1.165, 1.54) is 0 Å². The number of H-pyrrole nitrogens is 1. The fraction of sp³-hybridized carbons (Fsp3) is 0.391. The van der Waals surface area contributed by atoms with E-state index in [1.54, 1.807) is 30.6 Å². The van der Waals surface area contributed by atoms with Crippen molar-refractivity contribution in [1.82, 2.24) is 20.3 Å². The summed E-state index contributed by atoms with van der Waals surface area (Å²) >= 11 is 0. The van der Waals surface area contributed by atoms with Gasteiger partial charge in [0.1, 0.15) is 17.8 Å². The van der Waals surface area contributed by atoms with Crippen molar-refractivity contribution < 1.29 is 9.90 Å². The first-order chi connectivity index (χ1) is 15.1. The van der Waals surface area contributed by atoms with Crippen molar-refractivity contribution in [3.8, 4) is 6.07 Å². The zero-order valence-corrected chi connectivity index (χ0v) is 17.1. The summed E-state index contributed by atoms with van der Waals surface area (Å²) in [4.78, 5) is 27.2. The molecule has 1 aliphatic heterocycles. The number of amides is 1. The van der Waals surface area contributed by atoms with Crippen molar-refractivity contribution in [2.75, 3.05) is 24.5 Å². The molecule has 5 rings (SSSR count). The molecule has 1 aliphatic carbocycles. The minimum Gasteiger partial charge on any atom is -0.387 e. The number of nitrogens with one attached hydrogen (secondary N) is 2. The first-order valence-corrected chi connectivity index (χ1v) is 10.6. The highest BCUT2D eigenvalue weighted by Crippen LogP contribution is 2.56. The number of aromatic nitrogens is 3. The average molecular weight is 416 g/mol. The van der Waals surface area contributed by atoms with Crippen LogP contribution in [-0.2, 0) is 4.79 Å². The third-order valence-corrected chi connectivity index (χ3v) is 6.64. The van der Waals surface area contributed by atoms with Crippen molar-refractivity contribution in [1.29, 1.82) is 5.26 Å². The van der Waals surface area contributed by atoms with Gasteiger partial charge in [-0.05, 0) is 48.4 Å². The molecule has 2 fully saturated rings. The Hall–Kier alpha value is -3.44. The fourth-order valence-electron chi connectivity index (χ4n) is 4.78. The normalized spacial score (nSPS) is 20.4.